The molecule has 2 saturated heterocycles. The molecule has 2 unspecified atom stereocenters. The lowest BCUT2D eigenvalue weighted by molar-refractivity contribution is 0.261. The van der Waals surface area contributed by atoms with Crippen LogP contribution in [0.15, 0.2) is 0 Å². The molecule has 0 aromatic heterocycles. The van der Waals surface area contributed by atoms with E-state index in [1.54, 1.807) is 0 Å². The summed E-state index contributed by atoms with van der Waals surface area (Å²) in [4.78, 5) is 0. The molecule has 2 rings (SSSR count). The molecule has 2 aliphatic heterocycles. The van der Waals surface area contributed by atoms with Crippen LogP contribution in [0.2, 0.25) is 0 Å². The van der Waals surface area contributed by atoms with E-state index in [0.29, 0.717) is 17.4 Å². The highest BCUT2D eigenvalue weighted by Crippen LogP contribution is 2.34. The fraction of sp³-hybridized carbons (Fsp3) is 1.00. The molecular weight excluding hydrogens is 198 g/mol. The van der Waals surface area contributed by atoms with Gasteiger partial charge in [-0.1, -0.05) is 0 Å². The van der Waals surface area contributed by atoms with Gasteiger partial charge in [0.15, 0.2) is 9.84 Å². The van der Waals surface area contributed by atoms with E-state index < -0.39 is 9.84 Å². The van der Waals surface area contributed by atoms with E-state index >= 15 is 0 Å². The maximum absolute atomic E-state index is 11.5. The second-order valence-electron chi connectivity index (χ2n) is 4.90. The van der Waals surface area contributed by atoms with Gasteiger partial charge in [0, 0.05) is 5.54 Å². The molecule has 1 N–H and O–H groups in total. The van der Waals surface area contributed by atoms with Gasteiger partial charge in [-0.3, -0.25) is 0 Å². The van der Waals surface area contributed by atoms with E-state index in [1.807, 2.05) is 0 Å². The molecule has 0 radical (unpaired) electrons. The molecule has 0 bridgehead atoms. The fourth-order valence-electron chi connectivity index (χ4n) is 2.79. The molecule has 2 fully saturated rings. The Balaban J connectivity index is 2.11. The van der Waals surface area contributed by atoms with E-state index in [1.165, 1.54) is 6.42 Å². The van der Waals surface area contributed by atoms with Crippen molar-refractivity contribution in [3.05, 3.63) is 0 Å². The van der Waals surface area contributed by atoms with Crippen LogP contribution in [0.25, 0.3) is 0 Å². The molecule has 0 aliphatic carbocycles. The monoisotopic (exact) mass is 217 g/mol. The summed E-state index contributed by atoms with van der Waals surface area (Å²) in [6, 6.07) is 0. The molecule has 0 spiro atoms. The van der Waals surface area contributed by atoms with Gasteiger partial charge in [-0.2, -0.15) is 0 Å². The zero-order valence-electron chi connectivity index (χ0n) is 8.75. The molecule has 0 aromatic carbocycles. The Hall–Kier alpha value is -0.0900. The van der Waals surface area contributed by atoms with E-state index in [9.17, 15) is 8.42 Å². The van der Waals surface area contributed by atoms with Gasteiger partial charge in [-0.25, -0.2) is 8.42 Å². The van der Waals surface area contributed by atoms with Crippen LogP contribution in [-0.4, -0.2) is 32.0 Å². The molecule has 0 aromatic rings. The number of rotatable bonds is 1. The highest BCUT2D eigenvalue weighted by Gasteiger charge is 2.40. The topological polar surface area (TPSA) is 46.2 Å². The standard InChI is InChI=1S/C10H19NO2S/c1-10(5-3-6-11-10)9-4-2-7-14(12,13)8-9/h9,11H,2-8H2,1H3. The molecule has 4 heteroatoms. The van der Waals surface area contributed by atoms with Crippen molar-refractivity contribution >= 4 is 9.84 Å². The lowest BCUT2D eigenvalue weighted by atomic mass is 9.82. The number of nitrogens with one attached hydrogen (secondary N) is 1. The summed E-state index contributed by atoms with van der Waals surface area (Å²) < 4.78 is 23.1. The average Bonchev–Trinajstić information content (AvgIpc) is 2.52. The van der Waals surface area contributed by atoms with Crippen LogP contribution in [0.4, 0.5) is 0 Å². The minimum absolute atomic E-state index is 0.0908. The first-order chi connectivity index (χ1) is 6.52. The fourth-order valence-corrected chi connectivity index (χ4v) is 4.71. The molecular formula is C10H19NO2S. The smallest absolute Gasteiger partial charge is 0.150 e. The van der Waals surface area contributed by atoms with Crippen LogP contribution in [0.3, 0.4) is 0 Å². The number of sulfone groups is 1. The third kappa shape index (κ3) is 1.96. The van der Waals surface area contributed by atoms with Crippen LogP contribution in [0.5, 0.6) is 0 Å². The Labute approximate surface area is 86.2 Å². The largest absolute Gasteiger partial charge is 0.311 e. The van der Waals surface area contributed by atoms with Crippen molar-refractivity contribution in [2.24, 2.45) is 5.92 Å². The maximum Gasteiger partial charge on any atom is 0.150 e. The molecule has 2 aliphatic rings. The Morgan fingerprint density at radius 3 is 2.71 bits per heavy atom. The molecule has 2 heterocycles. The van der Waals surface area contributed by atoms with Crippen molar-refractivity contribution in [2.75, 3.05) is 18.1 Å². The SMILES string of the molecule is CC1(C2CCCS(=O)(=O)C2)CCCN1. The minimum atomic E-state index is -2.75. The van der Waals surface area contributed by atoms with Gasteiger partial charge < -0.3 is 5.32 Å². The van der Waals surface area contributed by atoms with E-state index in [2.05, 4.69) is 12.2 Å². The first-order valence-electron chi connectivity index (χ1n) is 5.47. The van der Waals surface area contributed by atoms with E-state index in [4.69, 9.17) is 0 Å². The highest BCUT2D eigenvalue weighted by atomic mass is 32.2. The Morgan fingerprint density at radius 1 is 1.36 bits per heavy atom. The van der Waals surface area contributed by atoms with Crippen molar-refractivity contribution < 1.29 is 8.42 Å². The van der Waals surface area contributed by atoms with Gasteiger partial charge in [0.2, 0.25) is 0 Å². The first kappa shape index (κ1) is 10.4. The summed E-state index contributed by atoms with van der Waals surface area (Å²) in [5.41, 5.74) is 0.0908. The maximum atomic E-state index is 11.5. The van der Waals surface area contributed by atoms with Crippen molar-refractivity contribution in [3.8, 4) is 0 Å². The molecule has 0 saturated carbocycles. The Kier molecular flexibility index (Phi) is 2.60. The van der Waals surface area contributed by atoms with Gasteiger partial charge >= 0.3 is 0 Å². The lowest BCUT2D eigenvalue weighted by Crippen LogP contribution is -2.48. The van der Waals surface area contributed by atoms with Gasteiger partial charge in [-0.15, -0.1) is 0 Å². The zero-order valence-corrected chi connectivity index (χ0v) is 9.57. The predicted octanol–water partition coefficient (Wildman–Crippen LogP) is 0.953. The summed E-state index contributed by atoms with van der Waals surface area (Å²) >= 11 is 0. The summed E-state index contributed by atoms with van der Waals surface area (Å²) in [5, 5.41) is 3.48. The second kappa shape index (κ2) is 3.49. The normalized spacial score (nSPS) is 42.5. The van der Waals surface area contributed by atoms with Crippen LogP contribution in [0, 0.1) is 5.92 Å². The molecule has 2 atom stereocenters. The number of hydrogen-bond acceptors (Lipinski definition) is 3. The van der Waals surface area contributed by atoms with Crippen LogP contribution in [-0.2, 0) is 9.84 Å². The van der Waals surface area contributed by atoms with Crippen molar-refractivity contribution in [3.63, 3.8) is 0 Å². The van der Waals surface area contributed by atoms with Crippen molar-refractivity contribution in [1.82, 2.24) is 5.32 Å². The van der Waals surface area contributed by atoms with Gasteiger partial charge in [0.25, 0.3) is 0 Å². The molecule has 0 amide bonds. The molecule has 14 heavy (non-hydrogen) atoms. The van der Waals surface area contributed by atoms with Crippen LogP contribution >= 0.6 is 0 Å². The Morgan fingerprint density at radius 2 is 2.14 bits per heavy atom. The van der Waals surface area contributed by atoms with E-state index in [-0.39, 0.29) is 5.54 Å². The van der Waals surface area contributed by atoms with Gasteiger partial charge in [-0.05, 0) is 45.1 Å². The third-order valence-corrected chi connectivity index (χ3v) is 5.59. The van der Waals surface area contributed by atoms with Gasteiger partial charge in [0.1, 0.15) is 0 Å². The minimum Gasteiger partial charge on any atom is -0.311 e. The van der Waals surface area contributed by atoms with Crippen LogP contribution in [0.1, 0.15) is 32.6 Å². The zero-order chi connectivity index (χ0) is 10.2. The first-order valence-corrected chi connectivity index (χ1v) is 7.29. The Bertz CT molecular complexity index is 304. The average molecular weight is 217 g/mol. The second-order valence-corrected chi connectivity index (χ2v) is 7.13. The lowest BCUT2D eigenvalue weighted by Gasteiger charge is -2.36. The third-order valence-electron chi connectivity index (χ3n) is 3.77. The quantitative estimate of drug-likeness (QED) is 0.711. The summed E-state index contributed by atoms with van der Waals surface area (Å²) in [6.07, 6.45) is 4.24. The molecule has 3 nitrogen and oxygen atoms in total. The van der Waals surface area contributed by atoms with Crippen LogP contribution < -0.4 is 5.32 Å². The molecule has 82 valence electrons. The summed E-state index contributed by atoms with van der Waals surface area (Å²) in [6.45, 7) is 3.23. The van der Waals surface area contributed by atoms with E-state index in [0.717, 1.165) is 25.8 Å². The van der Waals surface area contributed by atoms with Gasteiger partial charge in [0.05, 0.1) is 11.5 Å². The summed E-state index contributed by atoms with van der Waals surface area (Å²) in [5.74, 6) is 1.14. The van der Waals surface area contributed by atoms with Crippen molar-refractivity contribution in [1.29, 1.82) is 0 Å². The van der Waals surface area contributed by atoms with Crippen molar-refractivity contribution in [2.45, 2.75) is 38.1 Å². The number of hydrogen-bond donors (Lipinski definition) is 1. The summed E-state index contributed by atoms with van der Waals surface area (Å²) in [7, 11) is -2.75. The predicted molar refractivity (Wildman–Crippen MR) is 57.0 cm³/mol. The highest BCUT2D eigenvalue weighted by molar-refractivity contribution is 7.91.